The van der Waals surface area contributed by atoms with Gasteiger partial charge in [-0.15, -0.1) is 0 Å². The molecule has 0 saturated heterocycles. The minimum atomic E-state index is -0.0246. The van der Waals surface area contributed by atoms with Crippen LogP contribution in [-0.2, 0) is 0 Å². The van der Waals surface area contributed by atoms with Gasteiger partial charge in [0.15, 0.2) is 0 Å². The summed E-state index contributed by atoms with van der Waals surface area (Å²) in [5.74, 6) is -0.0246. The van der Waals surface area contributed by atoms with E-state index in [-0.39, 0.29) is 5.91 Å². The first-order valence-electron chi connectivity index (χ1n) is 5.53. The van der Waals surface area contributed by atoms with Crippen LogP contribution in [0.15, 0.2) is 12.4 Å². The Morgan fingerprint density at radius 3 is 2.93 bits per heavy atom. The topological polar surface area (TPSA) is 57.8 Å². The van der Waals surface area contributed by atoms with Gasteiger partial charge >= 0.3 is 0 Å². The largest absolute Gasteiger partial charge is 0.351 e. The van der Waals surface area contributed by atoms with Crippen LogP contribution in [0, 0.1) is 5.41 Å². The number of hydrogen-bond donors (Lipinski definition) is 2. The average Bonchev–Trinajstić information content (AvgIpc) is 2.69. The van der Waals surface area contributed by atoms with Crippen molar-refractivity contribution in [3.8, 4) is 0 Å². The second kappa shape index (κ2) is 4.04. The van der Waals surface area contributed by atoms with Crippen molar-refractivity contribution < 1.29 is 4.79 Å². The van der Waals surface area contributed by atoms with Gasteiger partial charge in [-0.25, -0.2) is 0 Å². The van der Waals surface area contributed by atoms with E-state index >= 15 is 0 Å². The van der Waals surface area contributed by atoms with Crippen molar-refractivity contribution in [3.05, 3.63) is 18.0 Å². The van der Waals surface area contributed by atoms with Crippen molar-refractivity contribution in [3.63, 3.8) is 0 Å². The fraction of sp³-hybridized carbons (Fsp3) is 0.636. The van der Waals surface area contributed by atoms with Gasteiger partial charge in [0.2, 0.25) is 0 Å². The summed E-state index contributed by atoms with van der Waals surface area (Å²) in [5.41, 5.74) is 0.986. The fourth-order valence-corrected chi connectivity index (χ4v) is 2.08. The average molecular weight is 207 g/mol. The molecule has 0 bridgehead atoms. The summed E-state index contributed by atoms with van der Waals surface area (Å²) in [6, 6.07) is 0. The lowest BCUT2D eigenvalue weighted by atomic mass is 9.67. The number of amides is 1. The number of carbonyl (C=O) groups excluding carboxylic acids is 1. The monoisotopic (exact) mass is 207 g/mol. The van der Waals surface area contributed by atoms with Gasteiger partial charge in [-0.2, -0.15) is 5.10 Å². The van der Waals surface area contributed by atoms with Crippen LogP contribution in [0.25, 0.3) is 0 Å². The third kappa shape index (κ3) is 2.03. The quantitative estimate of drug-likeness (QED) is 0.789. The molecule has 82 valence electrons. The molecule has 1 aromatic heterocycles. The molecule has 0 unspecified atom stereocenters. The number of nitrogens with one attached hydrogen (secondary N) is 2. The van der Waals surface area contributed by atoms with E-state index in [2.05, 4.69) is 22.4 Å². The Hall–Kier alpha value is -1.32. The molecule has 1 fully saturated rings. The summed E-state index contributed by atoms with van der Waals surface area (Å²) in [4.78, 5) is 11.6. The van der Waals surface area contributed by atoms with Gasteiger partial charge in [-0.1, -0.05) is 13.3 Å². The molecule has 4 heteroatoms. The lowest BCUT2D eigenvalue weighted by Crippen LogP contribution is -2.41. The van der Waals surface area contributed by atoms with Crippen LogP contribution in [0.5, 0.6) is 0 Å². The molecule has 1 aliphatic rings. The highest BCUT2D eigenvalue weighted by Gasteiger charge is 2.35. The second-order valence-corrected chi connectivity index (χ2v) is 4.38. The van der Waals surface area contributed by atoms with Gasteiger partial charge in [0, 0.05) is 12.7 Å². The second-order valence-electron chi connectivity index (χ2n) is 4.38. The summed E-state index contributed by atoms with van der Waals surface area (Å²) in [5, 5.41) is 9.37. The number of H-pyrrole nitrogens is 1. The Bertz CT molecular complexity index is 322. The van der Waals surface area contributed by atoms with E-state index in [0.29, 0.717) is 11.0 Å². The third-order valence-electron chi connectivity index (χ3n) is 3.55. The minimum absolute atomic E-state index is 0.0246. The zero-order valence-electron chi connectivity index (χ0n) is 9.05. The van der Waals surface area contributed by atoms with Gasteiger partial charge in [-0.05, 0) is 24.7 Å². The Morgan fingerprint density at radius 2 is 2.47 bits per heavy atom. The van der Waals surface area contributed by atoms with Gasteiger partial charge in [0.25, 0.3) is 5.91 Å². The standard InChI is InChI=1S/C11H17N3O/c1-2-11(4-3-5-11)8-12-10(15)9-6-13-14-7-9/h6-7H,2-5,8H2,1H3,(H,12,15)(H,13,14). The van der Waals surface area contributed by atoms with Crippen molar-refractivity contribution in [1.29, 1.82) is 0 Å². The van der Waals surface area contributed by atoms with Crippen LogP contribution in [0.4, 0.5) is 0 Å². The number of hydrogen-bond acceptors (Lipinski definition) is 2. The molecular weight excluding hydrogens is 190 g/mol. The fourth-order valence-electron chi connectivity index (χ4n) is 2.08. The van der Waals surface area contributed by atoms with E-state index in [4.69, 9.17) is 0 Å². The molecule has 0 aromatic carbocycles. The Labute approximate surface area is 89.5 Å². The molecule has 2 rings (SSSR count). The van der Waals surface area contributed by atoms with Gasteiger partial charge in [0.1, 0.15) is 0 Å². The van der Waals surface area contributed by atoms with Gasteiger partial charge < -0.3 is 5.32 Å². The van der Waals surface area contributed by atoms with E-state index in [1.807, 2.05) is 0 Å². The van der Waals surface area contributed by atoms with E-state index in [1.54, 1.807) is 12.4 Å². The Kier molecular flexibility index (Phi) is 2.75. The van der Waals surface area contributed by atoms with E-state index < -0.39 is 0 Å². The Balaban J connectivity index is 1.85. The molecule has 15 heavy (non-hydrogen) atoms. The number of carbonyl (C=O) groups is 1. The maximum atomic E-state index is 11.6. The van der Waals surface area contributed by atoms with Crippen molar-refractivity contribution >= 4 is 5.91 Å². The lowest BCUT2D eigenvalue weighted by Gasteiger charge is -2.41. The molecule has 2 N–H and O–H groups in total. The van der Waals surface area contributed by atoms with Crippen LogP contribution >= 0.6 is 0 Å². The molecule has 1 aromatic rings. The van der Waals surface area contributed by atoms with Gasteiger partial charge in [-0.3, -0.25) is 9.89 Å². The molecule has 1 saturated carbocycles. The number of rotatable bonds is 4. The van der Waals surface area contributed by atoms with Crippen LogP contribution in [0.3, 0.4) is 0 Å². The van der Waals surface area contributed by atoms with Crippen molar-refractivity contribution in [2.45, 2.75) is 32.6 Å². The number of aromatic nitrogens is 2. The third-order valence-corrected chi connectivity index (χ3v) is 3.55. The molecule has 1 amide bonds. The first-order chi connectivity index (χ1) is 7.26. The van der Waals surface area contributed by atoms with E-state index in [0.717, 1.165) is 13.0 Å². The Morgan fingerprint density at radius 1 is 1.67 bits per heavy atom. The molecule has 0 spiro atoms. The van der Waals surface area contributed by atoms with E-state index in [1.165, 1.54) is 19.3 Å². The van der Waals surface area contributed by atoms with E-state index in [9.17, 15) is 4.79 Å². The van der Waals surface area contributed by atoms with Crippen LogP contribution in [0.2, 0.25) is 0 Å². The molecule has 0 aliphatic heterocycles. The number of aromatic amines is 1. The predicted octanol–water partition coefficient (Wildman–Crippen LogP) is 1.72. The van der Waals surface area contributed by atoms with Crippen molar-refractivity contribution in [2.75, 3.05) is 6.54 Å². The summed E-state index contributed by atoms with van der Waals surface area (Å²) in [6.07, 6.45) is 8.11. The summed E-state index contributed by atoms with van der Waals surface area (Å²) in [7, 11) is 0. The minimum Gasteiger partial charge on any atom is -0.351 e. The number of nitrogens with zero attached hydrogens (tertiary/aromatic N) is 1. The normalized spacial score (nSPS) is 18.2. The predicted molar refractivity (Wildman–Crippen MR) is 57.5 cm³/mol. The highest BCUT2D eigenvalue weighted by atomic mass is 16.1. The summed E-state index contributed by atoms with van der Waals surface area (Å²) >= 11 is 0. The first kappa shape index (κ1) is 10.2. The smallest absolute Gasteiger partial charge is 0.254 e. The van der Waals surface area contributed by atoms with Crippen LogP contribution in [0.1, 0.15) is 43.0 Å². The highest BCUT2D eigenvalue weighted by molar-refractivity contribution is 5.93. The molecule has 1 heterocycles. The SMILES string of the molecule is CCC1(CNC(=O)c2cn[nH]c2)CCC1. The maximum absolute atomic E-state index is 11.6. The zero-order valence-corrected chi connectivity index (χ0v) is 9.05. The highest BCUT2D eigenvalue weighted by Crippen LogP contribution is 2.43. The van der Waals surface area contributed by atoms with Crippen molar-refractivity contribution in [2.24, 2.45) is 5.41 Å². The molecule has 1 aliphatic carbocycles. The summed E-state index contributed by atoms with van der Waals surface area (Å²) in [6.45, 7) is 3.00. The molecule has 4 nitrogen and oxygen atoms in total. The van der Waals surface area contributed by atoms with Gasteiger partial charge in [0.05, 0.1) is 11.8 Å². The lowest BCUT2D eigenvalue weighted by molar-refractivity contribution is 0.0850. The zero-order chi connectivity index (χ0) is 10.7. The van der Waals surface area contributed by atoms with Crippen molar-refractivity contribution in [1.82, 2.24) is 15.5 Å². The summed E-state index contributed by atoms with van der Waals surface area (Å²) < 4.78 is 0. The maximum Gasteiger partial charge on any atom is 0.254 e. The molecular formula is C11H17N3O. The molecule has 0 radical (unpaired) electrons. The first-order valence-corrected chi connectivity index (χ1v) is 5.53. The molecule has 0 atom stereocenters. The van der Waals surface area contributed by atoms with Crippen LogP contribution in [-0.4, -0.2) is 22.6 Å². The van der Waals surface area contributed by atoms with Crippen LogP contribution < -0.4 is 5.32 Å².